The maximum atomic E-state index is 12.3. The fourth-order valence-electron chi connectivity index (χ4n) is 2.28. The minimum atomic E-state index is -0.922. The zero-order valence-electron chi connectivity index (χ0n) is 10.3. The Morgan fingerprint density at radius 3 is 2.89 bits per heavy atom. The molecule has 1 aliphatic rings. The third-order valence-corrected chi connectivity index (χ3v) is 3.19. The first-order valence-electron chi connectivity index (χ1n) is 6.06. The maximum absolute atomic E-state index is 12.3. The zero-order chi connectivity index (χ0) is 13.1. The normalized spacial score (nSPS) is 19.6. The third-order valence-electron chi connectivity index (χ3n) is 3.19. The highest BCUT2D eigenvalue weighted by molar-refractivity contribution is 5.96. The number of aliphatic carboxylic acids is 1. The average Bonchev–Trinajstić information content (AvgIpc) is 2.38. The molecule has 0 bridgehead atoms. The van der Waals surface area contributed by atoms with Crippen LogP contribution >= 0.6 is 0 Å². The van der Waals surface area contributed by atoms with Crippen LogP contribution in [0.4, 0.5) is 0 Å². The molecule has 5 nitrogen and oxygen atoms in total. The molecule has 1 fully saturated rings. The number of carbonyl (C=O) groups excluding carboxylic acids is 1. The topological polar surface area (TPSA) is 70.5 Å². The highest BCUT2D eigenvalue weighted by Gasteiger charge is 2.32. The van der Waals surface area contributed by atoms with Crippen LogP contribution in [-0.4, -0.2) is 39.5 Å². The molecule has 1 N–H and O–H groups in total. The van der Waals surface area contributed by atoms with E-state index in [4.69, 9.17) is 5.11 Å². The molecular weight excluding hydrogens is 232 g/mol. The number of aromatic nitrogens is 1. The first-order valence-corrected chi connectivity index (χ1v) is 6.06. The number of nitrogens with zero attached hydrogens (tertiary/aromatic N) is 2. The number of piperidine rings is 1. The van der Waals surface area contributed by atoms with Gasteiger partial charge in [0, 0.05) is 24.0 Å². The SMILES string of the molecule is Cc1cc(C(=O)N2CCCCC2C(=O)O)ccn1. The highest BCUT2D eigenvalue weighted by Crippen LogP contribution is 2.20. The number of amides is 1. The number of likely N-dealkylation sites (tertiary alicyclic amines) is 1. The van der Waals surface area contributed by atoms with Crippen LogP contribution in [0.2, 0.25) is 0 Å². The molecule has 2 rings (SSSR count). The Morgan fingerprint density at radius 2 is 2.22 bits per heavy atom. The van der Waals surface area contributed by atoms with Crippen LogP contribution in [0.1, 0.15) is 35.3 Å². The average molecular weight is 248 g/mol. The van der Waals surface area contributed by atoms with Crippen LogP contribution in [0.25, 0.3) is 0 Å². The number of rotatable bonds is 2. The van der Waals surface area contributed by atoms with E-state index in [-0.39, 0.29) is 5.91 Å². The van der Waals surface area contributed by atoms with Crippen LogP contribution in [0, 0.1) is 6.92 Å². The van der Waals surface area contributed by atoms with Crippen molar-refractivity contribution in [2.24, 2.45) is 0 Å². The van der Waals surface area contributed by atoms with E-state index in [1.807, 2.05) is 6.92 Å². The molecule has 0 radical (unpaired) electrons. The molecule has 96 valence electrons. The second kappa shape index (κ2) is 5.16. The van der Waals surface area contributed by atoms with Crippen LogP contribution in [0.5, 0.6) is 0 Å². The summed E-state index contributed by atoms with van der Waals surface area (Å²) in [5.74, 6) is -1.14. The second-order valence-electron chi connectivity index (χ2n) is 4.53. The monoisotopic (exact) mass is 248 g/mol. The molecule has 18 heavy (non-hydrogen) atoms. The summed E-state index contributed by atoms with van der Waals surface area (Å²) >= 11 is 0. The van der Waals surface area contributed by atoms with E-state index in [0.29, 0.717) is 18.5 Å². The fourth-order valence-corrected chi connectivity index (χ4v) is 2.28. The molecule has 2 heterocycles. The van der Waals surface area contributed by atoms with Crippen molar-refractivity contribution in [3.63, 3.8) is 0 Å². The largest absolute Gasteiger partial charge is 0.480 e. The number of carboxylic acid groups (broad SMARTS) is 1. The van der Waals surface area contributed by atoms with Crippen molar-refractivity contribution in [3.05, 3.63) is 29.6 Å². The highest BCUT2D eigenvalue weighted by atomic mass is 16.4. The molecule has 1 saturated heterocycles. The van der Waals surface area contributed by atoms with Gasteiger partial charge < -0.3 is 10.0 Å². The minimum Gasteiger partial charge on any atom is -0.480 e. The van der Waals surface area contributed by atoms with Crippen molar-refractivity contribution in [3.8, 4) is 0 Å². The van der Waals surface area contributed by atoms with Gasteiger partial charge in [0.15, 0.2) is 0 Å². The van der Waals surface area contributed by atoms with Crippen molar-refractivity contribution in [2.45, 2.75) is 32.2 Å². The first-order chi connectivity index (χ1) is 8.59. The van der Waals surface area contributed by atoms with E-state index < -0.39 is 12.0 Å². The lowest BCUT2D eigenvalue weighted by atomic mass is 10.0. The Bertz CT molecular complexity index is 473. The fraction of sp³-hybridized carbons (Fsp3) is 0.462. The van der Waals surface area contributed by atoms with E-state index in [1.165, 1.54) is 4.90 Å². The van der Waals surface area contributed by atoms with Crippen molar-refractivity contribution in [2.75, 3.05) is 6.54 Å². The molecule has 1 atom stereocenters. The van der Waals surface area contributed by atoms with Gasteiger partial charge in [0.05, 0.1) is 0 Å². The van der Waals surface area contributed by atoms with Gasteiger partial charge in [-0.1, -0.05) is 0 Å². The smallest absolute Gasteiger partial charge is 0.326 e. The standard InChI is InChI=1S/C13H16N2O3/c1-9-8-10(5-6-14-9)12(16)15-7-3-2-4-11(15)13(17)18/h5-6,8,11H,2-4,7H2,1H3,(H,17,18). The lowest BCUT2D eigenvalue weighted by Crippen LogP contribution is -2.48. The summed E-state index contributed by atoms with van der Waals surface area (Å²) in [6, 6.07) is 2.62. The van der Waals surface area contributed by atoms with Crippen molar-refractivity contribution in [1.82, 2.24) is 9.88 Å². The van der Waals surface area contributed by atoms with Gasteiger partial charge >= 0.3 is 5.97 Å². The molecule has 5 heteroatoms. The summed E-state index contributed by atoms with van der Waals surface area (Å²) < 4.78 is 0. The van der Waals surface area contributed by atoms with E-state index in [1.54, 1.807) is 18.3 Å². The van der Waals surface area contributed by atoms with Crippen molar-refractivity contribution in [1.29, 1.82) is 0 Å². The van der Waals surface area contributed by atoms with Crippen LogP contribution in [0.15, 0.2) is 18.3 Å². The van der Waals surface area contributed by atoms with Crippen LogP contribution < -0.4 is 0 Å². The minimum absolute atomic E-state index is 0.215. The molecule has 0 saturated carbocycles. The quantitative estimate of drug-likeness (QED) is 0.860. The summed E-state index contributed by atoms with van der Waals surface area (Å²) in [6.07, 6.45) is 3.82. The van der Waals surface area contributed by atoms with Gasteiger partial charge in [-0.05, 0) is 38.3 Å². The molecule has 0 aromatic carbocycles. The molecule has 1 unspecified atom stereocenters. The Kier molecular flexibility index (Phi) is 3.60. The van der Waals surface area contributed by atoms with Gasteiger partial charge in [-0.25, -0.2) is 4.79 Å². The van der Waals surface area contributed by atoms with Crippen molar-refractivity contribution < 1.29 is 14.7 Å². The Labute approximate surface area is 105 Å². The Morgan fingerprint density at radius 1 is 1.44 bits per heavy atom. The second-order valence-corrected chi connectivity index (χ2v) is 4.53. The molecule has 0 aliphatic carbocycles. The number of carboxylic acids is 1. The zero-order valence-corrected chi connectivity index (χ0v) is 10.3. The van der Waals surface area contributed by atoms with Gasteiger partial charge in [0.1, 0.15) is 6.04 Å². The van der Waals surface area contributed by atoms with E-state index in [9.17, 15) is 9.59 Å². The Balaban J connectivity index is 2.23. The summed E-state index contributed by atoms with van der Waals surface area (Å²) in [5, 5.41) is 9.15. The molecular formula is C13H16N2O3. The van der Waals surface area contributed by atoms with Crippen molar-refractivity contribution >= 4 is 11.9 Å². The summed E-state index contributed by atoms with van der Waals surface area (Å²) in [6.45, 7) is 2.32. The van der Waals surface area contributed by atoms with E-state index in [2.05, 4.69) is 4.98 Å². The molecule has 1 aromatic rings. The summed E-state index contributed by atoms with van der Waals surface area (Å²) in [7, 11) is 0. The molecule has 0 spiro atoms. The number of aryl methyl sites for hydroxylation is 1. The van der Waals surface area contributed by atoms with Gasteiger partial charge in [-0.2, -0.15) is 0 Å². The lowest BCUT2D eigenvalue weighted by molar-refractivity contribution is -0.143. The van der Waals surface area contributed by atoms with Gasteiger partial charge in [0.2, 0.25) is 0 Å². The predicted molar refractivity (Wildman–Crippen MR) is 65.3 cm³/mol. The summed E-state index contributed by atoms with van der Waals surface area (Å²) in [4.78, 5) is 29.0. The number of pyridine rings is 1. The van der Waals surface area contributed by atoms with Gasteiger partial charge in [-0.15, -0.1) is 0 Å². The first kappa shape index (κ1) is 12.5. The van der Waals surface area contributed by atoms with Gasteiger partial charge in [-0.3, -0.25) is 9.78 Å². The third kappa shape index (κ3) is 2.50. The molecule has 1 amide bonds. The Hall–Kier alpha value is -1.91. The lowest BCUT2D eigenvalue weighted by Gasteiger charge is -2.33. The molecule has 1 aromatic heterocycles. The summed E-state index contributed by atoms with van der Waals surface area (Å²) in [5.41, 5.74) is 1.26. The number of hydrogen-bond donors (Lipinski definition) is 1. The number of carbonyl (C=O) groups is 2. The van der Waals surface area contributed by atoms with E-state index >= 15 is 0 Å². The van der Waals surface area contributed by atoms with Gasteiger partial charge in [0.25, 0.3) is 5.91 Å². The molecule has 1 aliphatic heterocycles. The predicted octanol–water partition coefficient (Wildman–Crippen LogP) is 1.47. The van der Waals surface area contributed by atoms with Crippen LogP contribution in [0.3, 0.4) is 0 Å². The maximum Gasteiger partial charge on any atom is 0.326 e. The number of hydrogen-bond acceptors (Lipinski definition) is 3. The van der Waals surface area contributed by atoms with E-state index in [0.717, 1.165) is 18.5 Å². The van der Waals surface area contributed by atoms with Crippen LogP contribution in [-0.2, 0) is 4.79 Å².